The van der Waals surface area contributed by atoms with Crippen molar-refractivity contribution in [3.05, 3.63) is 100 Å². The predicted molar refractivity (Wildman–Crippen MR) is 221 cm³/mol. The summed E-state index contributed by atoms with van der Waals surface area (Å²) in [6.07, 6.45) is 7.24. The third-order valence-corrected chi connectivity index (χ3v) is 12.0. The number of carbonyl (C=O) groups excluding carboxylic acids is 1. The fourth-order valence-corrected chi connectivity index (χ4v) is 8.84. The van der Waals surface area contributed by atoms with Gasteiger partial charge in [-0.2, -0.15) is 10.4 Å². The molecule has 57 heavy (non-hydrogen) atoms. The van der Waals surface area contributed by atoms with Crippen molar-refractivity contribution in [2.24, 2.45) is 5.92 Å². The van der Waals surface area contributed by atoms with Crippen molar-refractivity contribution in [1.29, 1.82) is 5.26 Å². The van der Waals surface area contributed by atoms with Crippen LogP contribution in [0.2, 0.25) is 5.02 Å². The first-order valence-corrected chi connectivity index (χ1v) is 20.0. The number of aliphatic carboxylic acids is 1. The highest BCUT2D eigenvalue weighted by atomic mass is 35.5. The normalized spacial score (nSPS) is 18.1. The lowest BCUT2D eigenvalue weighted by molar-refractivity contribution is -0.138. The second-order valence-corrected chi connectivity index (χ2v) is 15.7. The number of nitriles is 1. The number of nitrogens with one attached hydrogen (secondary N) is 2. The van der Waals surface area contributed by atoms with E-state index in [4.69, 9.17) is 26.2 Å². The molecule has 1 atom stereocenters. The van der Waals surface area contributed by atoms with Crippen molar-refractivity contribution < 1.29 is 24.2 Å². The van der Waals surface area contributed by atoms with Gasteiger partial charge in [-0.25, -0.2) is 0 Å². The number of halogens is 1. The maximum absolute atomic E-state index is 11.6. The van der Waals surface area contributed by atoms with E-state index in [1.54, 1.807) is 14.2 Å². The highest BCUT2D eigenvalue weighted by Crippen LogP contribution is 2.41. The molecule has 12 heteroatoms. The molecule has 1 saturated heterocycles. The highest BCUT2D eigenvalue weighted by molar-refractivity contribution is 6.36. The zero-order valence-corrected chi connectivity index (χ0v) is 33.4. The number of aromatic nitrogens is 2. The van der Waals surface area contributed by atoms with Crippen LogP contribution in [0.3, 0.4) is 0 Å². The van der Waals surface area contributed by atoms with Gasteiger partial charge in [0.25, 0.3) is 0 Å². The summed E-state index contributed by atoms with van der Waals surface area (Å²) >= 11 is 7.23. The molecule has 3 N–H and O–H groups in total. The number of hydrogen-bond acceptors (Lipinski definition) is 8. The summed E-state index contributed by atoms with van der Waals surface area (Å²) in [5.74, 6) is 1.10. The quantitative estimate of drug-likeness (QED) is 0.0970. The summed E-state index contributed by atoms with van der Waals surface area (Å²) in [5.41, 5.74) is 7.89. The van der Waals surface area contributed by atoms with Gasteiger partial charge in [0.2, 0.25) is 5.91 Å². The maximum atomic E-state index is 11.6. The Morgan fingerprint density at radius 2 is 1.72 bits per heavy atom. The van der Waals surface area contributed by atoms with Gasteiger partial charge in [0.15, 0.2) is 0 Å². The van der Waals surface area contributed by atoms with Crippen LogP contribution >= 0.6 is 11.6 Å². The summed E-state index contributed by atoms with van der Waals surface area (Å²) in [4.78, 5) is 25.1. The first kappa shape index (κ1) is 39.8. The fraction of sp³-hybridized carbons (Fsp3) is 0.378. The van der Waals surface area contributed by atoms with E-state index < -0.39 is 5.97 Å². The Balaban J connectivity index is 1.09. The van der Waals surface area contributed by atoms with E-state index in [0.717, 1.165) is 93.5 Å². The van der Waals surface area contributed by atoms with E-state index in [0.29, 0.717) is 49.2 Å². The van der Waals surface area contributed by atoms with Gasteiger partial charge in [0.1, 0.15) is 11.5 Å². The number of rotatable bonds is 15. The van der Waals surface area contributed by atoms with Crippen LogP contribution < -0.4 is 20.1 Å². The second-order valence-electron chi connectivity index (χ2n) is 15.3. The van der Waals surface area contributed by atoms with Crippen molar-refractivity contribution in [2.75, 3.05) is 27.8 Å². The number of fused-ring (bicyclic) bond motifs is 1. The Labute approximate surface area is 338 Å². The first-order valence-electron chi connectivity index (χ1n) is 19.6. The Hall–Kier alpha value is -5.41. The van der Waals surface area contributed by atoms with Crippen LogP contribution in [-0.4, -0.2) is 71.6 Å². The molecule has 1 saturated carbocycles. The van der Waals surface area contributed by atoms with Crippen molar-refractivity contribution in [1.82, 2.24) is 25.3 Å². The van der Waals surface area contributed by atoms with Crippen molar-refractivity contribution in [2.45, 2.75) is 76.7 Å². The standard InChI is InChI=1S/C45H49ClN6O5/c1-51(35-15-10-28(11-16-35)18-44(54)55)26-33-19-31(22-47)32(21-42(33)57-3)27-52-40-9-5-7-37(39(40)25-49-52)38-8-4-6-36(45(38)46)29-12-13-30(41(20-29)56-2)23-48-24-34-14-17-43(53)50-34/h4-9,12-13,19-21,25,28,34-35,48H,10-11,14-18,23-24,26-27H2,1-3H3,(H,50,53)(H,54,55)/t28?,34-,35?/m0/s1. The minimum Gasteiger partial charge on any atom is -0.496 e. The maximum Gasteiger partial charge on any atom is 0.303 e. The van der Waals surface area contributed by atoms with Crippen LogP contribution in [0.15, 0.2) is 72.9 Å². The van der Waals surface area contributed by atoms with Gasteiger partial charge in [-0.1, -0.05) is 54.1 Å². The molecule has 0 bridgehead atoms. The molecule has 1 aromatic heterocycles. The number of nitrogens with zero attached hydrogens (tertiary/aromatic N) is 4. The molecule has 1 aliphatic carbocycles. The highest BCUT2D eigenvalue weighted by Gasteiger charge is 2.27. The zero-order chi connectivity index (χ0) is 40.1. The number of carboxylic acids is 1. The molecule has 1 amide bonds. The lowest BCUT2D eigenvalue weighted by Crippen LogP contribution is -2.35. The lowest BCUT2D eigenvalue weighted by atomic mass is 9.83. The van der Waals surface area contributed by atoms with Crippen LogP contribution in [0.5, 0.6) is 11.5 Å². The number of amides is 1. The summed E-state index contributed by atoms with van der Waals surface area (Å²) in [7, 11) is 5.41. The summed E-state index contributed by atoms with van der Waals surface area (Å²) in [5, 5.41) is 32.3. The Bertz CT molecular complexity index is 2310. The van der Waals surface area contributed by atoms with Gasteiger partial charge >= 0.3 is 5.97 Å². The Morgan fingerprint density at radius 3 is 2.44 bits per heavy atom. The monoisotopic (exact) mass is 788 g/mol. The molecular formula is C45H49ClN6O5. The predicted octanol–water partition coefficient (Wildman–Crippen LogP) is 7.79. The van der Waals surface area contributed by atoms with Crippen LogP contribution in [0.1, 0.15) is 67.2 Å². The second kappa shape index (κ2) is 17.8. The average molecular weight is 789 g/mol. The number of benzene rings is 4. The molecule has 1 aliphatic heterocycles. The molecule has 296 valence electrons. The first-order chi connectivity index (χ1) is 27.6. The van der Waals surface area contributed by atoms with Crippen LogP contribution in [-0.2, 0) is 29.2 Å². The molecular weight excluding hydrogens is 740 g/mol. The SMILES string of the molecule is COc1cc(-c2cccc(-c3cccc4c3cnn4Cc3cc(OC)c(CN(C)C4CCC(CC(=O)O)CC4)cc3C#N)c2Cl)ccc1CNC[C@@H]1CCC(=O)N1. The largest absolute Gasteiger partial charge is 0.496 e. The molecule has 5 aromatic rings. The number of hydrogen-bond donors (Lipinski definition) is 3. The molecule has 0 unspecified atom stereocenters. The third-order valence-electron chi connectivity index (χ3n) is 11.6. The molecule has 11 nitrogen and oxygen atoms in total. The van der Waals surface area contributed by atoms with Gasteiger partial charge in [0, 0.05) is 72.2 Å². The number of carboxylic acid groups (broad SMARTS) is 1. The molecule has 0 spiro atoms. The third kappa shape index (κ3) is 8.94. The molecule has 7 rings (SSSR count). The topological polar surface area (TPSA) is 142 Å². The van der Waals surface area contributed by atoms with Crippen LogP contribution in [0, 0.1) is 17.2 Å². The van der Waals surface area contributed by atoms with E-state index in [2.05, 4.69) is 46.8 Å². The molecule has 2 fully saturated rings. The van der Waals surface area contributed by atoms with E-state index in [9.17, 15) is 20.0 Å². The Morgan fingerprint density at radius 1 is 0.982 bits per heavy atom. The van der Waals surface area contributed by atoms with Gasteiger partial charge < -0.3 is 25.2 Å². The lowest BCUT2D eigenvalue weighted by Gasteiger charge is -2.34. The minimum absolute atomic E-state index is 0.108. The Kier molecular flexibility index (Phi) is 12.4. The zero-order valence-electron chi connectivity index (χ0n) is 32.7. The van der Waals surface area contributed by atoms with E-state index in [1.807, 2.05) is 59.4 Å². The summed E-state index contributed by atoms with van der Waals surface area (Å²) < 4.78 is 13.6. The molecule has 2 aliphatic rings. The van der Waals surface area contributed by atoms with Crippen LogP contribution in [0.4, 0.5) is 0 Å². The van der Waals surface area contributed by atoms with Crippen molar-refractivity contribution >= 4 is 34.4 Å². The summed E-state index contributed by atoms with van der Waals surface area (Å²) in [6, 6.07) is 25.0. The van der Waals surface area contributed by atoms with Gasteiger partial charge in [-0.3, -0.25) is 19.2 Å². The van der Waals surface area contributed by atoms with Gasteiger partial charge in [-0.05, 0) is 86.0 Å². The van der Waals surface area contributed by atoms with E-state index >= 15 is 0 Å². The van der Waals surface area contributed by atoms with E-state index in [-0.39, 0.29) is 24.3 Å². The molecule has 4 aromatic carbocycles. The number of carbonyl (C=O) groups is 2. The van der Waals surface area contributed by atoms with Crippen LogP contribution in [0.25, 0.3) is 33.2 Å². The van der Waals surface area contributed by atoms with Crippen molar-refractivity contribution in [3.63, 3.8) is 0 Å². The number of methoxy groups -OCH3 is 2. The summed E-state index contributed by atoms with van der Waals surface area (Å²) in [6.45, 7) is 2.31. The van der Waals surface area contributed by atoms with Crippen molar-refractivity contribution in [3.8, 4) is 39.8 Å². The van der Waals surface area contributed by atoms with E-state index in [1.165, 1.54) is 0 Å². The molecule has 2 heterocycles. The van der Waals surface area contributed by atoms with Gasteiger partial charge in [-0.15, -0.1) is 0 Å². The van der Waals surface area contributed by atoms with Gasteiger partial charge in [0.05, 0.1) is 49.1 Å². The fourth-order valence-electron chi connectivity index (χ4n) is 8.51. The number of ether oxygens (including phenoxy) is 2. The minimum atomic E-state index is -0.725. The molecule has 0 radical (unpaired) electrons. The smallest absolute Gasteiger partial charge is 0.303 e. The average Bonchev–Trinajstić information content (AvgIpc) is 3.83.